The first-order chi connectivity index (χ1) is 13.4. The van der Waals surface area contributed by atoms with Gasteiger partial charge in [-0.2, -0.15) is 0 Å². The molecule has 0 N–H and O–H groups in total. The number of benzene rings is 1. The number of halogens is 1. The van der Waals surface area contributed by atoms with Crippen molar-refractivity contribution in [1.29, 1.82) is 0 Å². The van der Waals surface area contributed by atoms with Gasteiger partial charge in [0.05, 0.1) is 20.7 Å². The van der Waals surface area contributed by atoms with E-state index in [2.05, 4.69) is 10.2 Å². The number of nitro groups is 1. The first kappa shape index (κ1) is 20.3. The predicted molar refractivity (Wildman–Crippen MR) is 108 cm³/mol. The van der Waals surface area contributed by atoms with Gasteiger partial charge < -0.3 is 9.47 Å². The third kappa shape index (κ3) is 4.51. The monoisotopic (exact) mass is 437 g/mol. The maximum absolute atomic E-state index is 12.9. The van der Waals surface area contributed by atoms with Crippen LogP contribution in [0.3, 0.4) is 0 Å². The minimum absolute atomic E-state index is 0.144. The molecule has 0 unspecified atom stereocenters. The van der Waals surface area contributed by atoms with Gasteiger partial charge in [-0.1, -0.05) is 11.6 Å². The zero-order valence-corrected chi connectivity index (χ0v) is 17.4. The zero-order valence-electron chi connectivity index (χ0n) is 15.0. The van der Waals surface area contributed by atoms with E-state index in [0.29, 0.717) is 27.5 Å². The Morgan fingerprint density at radius 1 is 1.39 bits per heavy atom. The summed E-state index contributed by atoms with van der Waals surface area (Å²) in [6.07, 6.45) is 1.52. The Kier molecular flexibility index (Phi) is 6.32. The van der Waals surface area contributed by atoms with Gasteiger partial charge in [-0.3, -0.25) is 14.9 Å². The summed E-state index contributed by atoms with van der Waals surface area (Å²) in [6.45, 7) is 2.73. The molecule has 146 valence electrons. The number of carbonyl (C=O) groups excluding carboxylic acids is 1. The van der Waals surface area contributed by atoms with Crippen molar-refractivity contribution in [2.75, 3.05) is 6.54 Å². The molecule has 0 aliphatic rings. The van der Waals surface area contributed by atoms with Gasteiger partial charge in [-0.05, 0) is 43.0 Å². The van der Waals surface area contributed by atoms with Crippen LogP contribution in [0.15, 0.2) is 46.7 Å². The number of amides is 1. The van der Waals surface area contributed by atoms with Crippen LogP contribution in [-0.2, 0) is 13.6 Å². The highest BCUT2D eigenvalue weighted by molar-refractivity contribution is 7.99. The fourth-order valence-corrected chi connectivity index (χ4v) is 4.43. The lowest BCUT2D eigenvalue weighted by molar-refractivity contribution is -0.387. The Balaban J connectivity index is 1.86. The van der Waals surface area contributed by atoms with Crippen LogP contribution in [0.1, 0.15) is 22.2 Å². The van der Waals surface area contributed by atoms with Gasteiger partial charge in [0.1, 0.15) is 6.33 Å². The van der Waals surface area contributed by atoms with Crippen LogP contribution < -0.4 is 0 Å². The first-order valence-electron chi connectivity index (χ1n) is 8.22. The molecule has 11 heteroatoms. The van der Waals surface area contributed by atoms with E-state index in [4.69, 9.17) is 11.6 Å². The zero-order chi connectivity index (χ0) is 20.3. The van der Waals surface area contributed by atoms with E-state index in [9.17, 15) is 14.9 Å². The first-order valence-corrected chi connectivity index (χ1v) is 10.2. The molecule has 0 atom stereocenters. The fourth-order valence-electron chi connectivity index (χ4n) is 2.48. The Bertz CT molecular complexity index is 1020. The molecule has 0 saturated heterocycles. The molecule has 3 rings (SSSR count). The average molecular weight is 438 g/mol. The van der Waals surface area contributed by atoms with Gasteiger partial charge in [0.2, 0.25) is 0 Å². The number of hydrogen-bond donors (Lipinski definition) is 0. The van der Waals surface area contributed by atoms with Gasteiger partial charge in [0.25, 0.3) is 11.6 Å². The number of thiophene rings is 1. The molecule has 28 heavy (non-hydrogen) atoms. The molecule has 2 aromatic heterocycles. The van der Waals surface area contributed by atoms with Gasteiger partial charge in [0, 0.05) is 30.1 Å². The van der Waals surface area contributed by atoms with Crippen molar-refractivity contribution in [3.8, 4) is 0 Å². The number of nitro benzene ring substituents is 1. The van der Waals surface area contributed by atoms with Crippen LogP contribution in [0.4, 0.5) is 5.69 Å². The minimum Gasteiger partial charge on any atom is -0.334 e. The summed E-state index contributed by atoms with van der Waals surface area (Å²) in [4.78, 5) is 26.9. The lowest BCUT2D eigenvalue weighted by atomic mass is 10.1. The molecule has 0 aliphatic carbocycles. The van der Waals surface area contributed by atoms with E-state index in [0.717, 1.165) is 16.6 Å². The smallest absolute Gasteiger partial charge is 0.284 e. The second kappa shape index (κ2) is 8.72. The van der Waals surface area contributed by atoms with E-state index >= 15 is 0 Å². The van der Waals surface area contributed by atoms with Gasteiger partial charge in [0.15, 0.2) is 5.16 Å². The molecule has 3 aromatic rings. The van der Waals surface area contributed by atoms with Crippen molar-refractivity contribution in [1.82, 2.24) is 19.7 Å². The Morgan fingerprint density at radius 3 is 2.75 bits per heavy atom. The largest absolute Gasteiger partial charge is 0.334 e. The summed E-state index contributed by atoms with van der Waals surface area (Å²) in [5, 5.41) is 19.8. The SMILES string of the molecule is CCN(Cc1ccc(Cl)s1)C(=O)c1ccc(Sc2nncn2C)c([N+](=O)[O-])c1. The molecule has 0 aliphatic heterocycles. The number of aryl methyl sites for hydroxylation is 1. The highest BCUT2D eigenvalue weighted by Crippen LogP contribution is 2.34. The van der Waals surface area contributed by atoms with Gasteiger partial charge >= 0.3 is 0 Å². The molecule has 0 spiro atoms. The van der Waals surface area contributed by atoms with Crippen LogP contribution in [0.5, 0.6) is 0 Å². The summed E-state index contributed by atoms with van der Waals surface area (Å²) in [7, 11) is 1.75. The third-order valence-corrected chi connectivity index (χ3v) is 6.25. The topological polar surface area (TPSA) is 94.2 Å². The van der Waals surface area contributed by atoms with Crippen LogP contribution >= 0.6 is 34.7 Å². The molecule has 0 saturated carbocycles. The van der Waals surface area contributed by atoms with Gasteiger partial charge in [-0.15, -0.1) is 21.5 Å². The van der Waals surface area contributed by atoms with Crippen LogP contribution in [0, 0.1) is 10.1 Å². The van der Waals surface area contributed by atoms with E-state index < -0.39 is 4.92 Å². The van der Waals surface area contributed by atoms with Gasteiger partial charge in [-0.25, -0.2) is 0 Å². The molecule has 2 heterocycles. The molecular weight excluding hydrogens is 422 g/mol. The van der Waals surface area contributed by atoms with E-state index in [1.165, 1.54) is 23.7 Å². The quantitative estimate of drug-likeness (QED) is 0.405. The number of hydrogen-bond acceptors (Lipinski definition) is 7. The average Bonchev–Trinajstić information content (AvgIpc) is 3.27. The Hall–Kier alpha value is -2.43. The Morgan fingerprint density at radius 2 is 2.18 bits per heavy atom. The van der Waals surface area contributed by atoms with Crippen LogP contribution in [0.2, 0.25) is 4.34 Å². The Labute approximate surface area is 174 Å². The number of nitrogens with zero attached hydrogens (tertiary/aromatic N) is 5. The third-order valence-electron chi connectivity index (χ3n) is 3.92. The summed E-state index contributed by atoms with van der Waals surface area (Å²) in [5.41, 5.74) is 0.118. The maximum Gasteiger partial charge on any atom is 0.284 e. The number of aromatic nitrogens is 3. The van der Waals surface area contributed by atoms with Crippen molar-refractivity contribution in [2.45, 2.75) is 23.5 Å². The second-order valence-electron chi connectivity index (χ2n) is 5.79. The lowest BCUT2D eigenvalue weighted by Gasteiger charge is -2.20. The highest BCUT2D eigenvalue weighted by Gasteiger charge is 2.22. The van der Waals surface area contributed by atoms with Crippen LogP contribution in [-0.4, -0.2) is 37.0 Å². The molecule has 0 radical (unpaired) electrons. The lowest BCUT2D eigenvalue weighted by Crippen LogP contribution is -2.30. The van der Waals surface area contributed by atoms with Crippen molar-refractivity contribution in [2.24, 2.45) is 7.05 Å². The summed E-state index contributed by atoms with van der Waals surface area (Å²) in [5.74, 6) is -0.273. The van der Waals surface area contributed by atoms with Crippen molar-refractivity contribution in [3.05, 3.63) is 61.6 Å². The number of rotatable bonds is 7. The molecule has 0 fully saturated rings. The summed E-state index contributed by atoms with van der Waals surface area (Å²) in [6, 6.07) is 8.12. The molecule has 1 amide bonds. The minimum atomic E-state index is -0.495. The van der Waals surface area contributed by atoms with Crippen LogP contribution in [0.25, 0.3) is 0 Å². The van der Waals surface area contributed by atoms with E-state index in [1.54, 1.807) is 34.7 Å². The fraction of sp³-hybridized carbons (Fsp3) is 0.235. The molecule has 0 bridgehead atoms. The summed E-state index contributed by atoms with van der Waals surface area (Å²) >= 11 is 8.48. The van der Waals surface area contributed by atoms with Crippen molar-refractivity contribution < 1.29 is 9.72 Å². The standard InChI is InChI=1S/C17H16ClN5O3S2/c1-3-22(9-12-5-7-15(18)27-12)16(24)11-4-6-14(13(8-11)23(25)26)28-17-20-19-10-21(17)2/h4-8,10H,3,9H2,1-2H3. The van der Waals surface area contributed by atoms with Crippen molar-refractivity contribution in [3.63, 3.8) is 0 Å². The van der Waals surface area contributed by atoms with E-state index in [-0.39, 0.29) is 17.2 Å². The second-order valence-corrected chi connectivity index (χ2v) is 8.60. The van der Waals surface area contributed by atoms with E-state index in [1.807, 2.05) is 13.0 Å². The molecular formula is C17H16ClN5O3S2. The summed E-state index contributed by atoms with van der Waals surface area (Å²) < 4.78 is 2.32. The molecule has 1 aromatic carbocycles. The molecule has 8 nitrogen and oxygen atoms in total. The normalized spacial score (nSPS) is 10.8. The number of carbonyl (C=O) groups is 1. The van der Waals surface area contributed by atoms with Crippen molar-refractivity contribution >= 4 is 46.3 Å². The maximum atomic E-state index is 12.9. The highest BCUT2D eigenvalue weighted by atomic mass is 35.5. The predicted octanol–water partition coefficient (Wildman–Crippen LogP) is 4.25.